The van der Waals surface area contributed by atoms with Crippen molar-refractivity contribution < 1.29 is 28.9 Å². The molecule has 9 heteroatoms. The molecule has 1 aliphatic carbocycles. The topological polar surface area (TPSA) is 109 Å². The van der Waals surface area contributed by atoms with E-state index in [1.165, 1.54) is 12.8 Å². The van der Waals surface area contributed by atoms with E-state index in [-0.39, 0.29) is 56.0 Å². The molecular weight excluding hydrogens is 426 g/mol. The Morgan fingerprint density at radius 1 is 1.18 bits per heavy atom. The van der Waals surface area contributed by atoms with Gasteiger partial charge in [-0.25, -0.2) is 4.79 Å². The van der Waals surface area contributed by atoms with Crippen molar-refractivity contribution in [1.29, 1.82) is 0 Å². The number of β-amino-alcohol motifs (C(OH)–C–C–N with tert-alkyl or cyclic N) is 1. The third kappa shape index (κ3) is 6.37. The first-order valence-electron chi connectivity index (χ1n) is 11.9. The molecule has 3 N–H and O–H groups in total. The Morgan fingerprint density at radius 2 is 2.00 bits per heavy atom. The van der Waals surface area contributed by atoms with E-state index in [4.69, 9.17) is 14.2 Å². The third-order valence-corrected chi connectivity index (χ3v) is 6.70. The van der Waals surface area contributed by atoms with E-state index in [1.54, 1.807) is 36.3 Å². The van der Waals surface area contributed by atoms with E-state index >= 15 is 0 Å². The van der Waals surface area contributed by atoms with Crippen molar-refractivity contribution in [3.05, 3.63) is 24.3 Å². The minimum atomic E-state index is -0.781. The Morgan fingerprint density at radius 3 is 2.79 bits per heavy atom. The van der Waals surface area contributed by atoms with Crippen molar-refractivity contribution in [1.82, 2.24) is 10.2 Å². The first-order valence-corrected chi connectivity index (χ1v) is 11.9. The van der Waals surface area contributed by atoms with Gasteiger partial charge in [0.2, 0.25) is 5.91 Å². The molecule has 3 aliphatic rings. The summed E-state index contributed by atoms with van der Waals surface area (Å²) in [4.78, 5) is 27.3. The number of fused-ring (bicyclic) bond motifs is 1. The van der Waals surface area contributed by atoms with Crippen LogP contribution in [-0.2, 0) is 14.3 Å². The molecule has 1 saturated carbocycles. The average molecular weight is 462 g/mol. The summed E-state index contributed by atoms with van der Waals surface area (Å²) in [5, 5.41) is 16.3. The van der Waals surface area contributed by atoms with Gasteiger partial charge in [-0.3, -0.25) is 4.79 Å². The predicted octanol–water partition coefficient (Wildman–Crippen LogP) is 2.29. The average Bonchev–Trinajstić information content (AvgIpc) is 3.29. The van der Waals surface area contributed by atoms with E-state index in [0.29, 0.717) is 30.7 Å². The third-order valence-electron chi connectivity index (χ3n) is 6.70. The highest BCUT2D eigenvalue weighted by Gasteiger charge is 2.40. The molecule has 2 heterocycles. The highest BCUT2D eigenvalue weighted by atomic mass is 16.5. The Hall–Kier alpha value is -2.36. The molecule has 9 nitrogen and oxygen atoms in total. The molecule has 0 bridgehead atoms. The van der Waals surface area contributed by atoms with Crippen LogP contribution in [0.5, 0.6) is 5.75 Å². The van der Waals surface area contributed by atoms with Crippen LogP contribution in [0.3, 0.4) is 0 Å². The number of nitrogens with one attached hydrogen (secondary N) is 2. The number of amides is 3. The number of hydrogen-bond donors (Lipinski definition) is 3. The molecule has 0 spiro atoms. The largest absolute Gasteiger partial charge is 0.497 e. The summed E-state index contributed by atoms with van der Waals surface area (Å²) in [5.74, 6) is 0.673. The standard InChI is InChI=1S/C24H35N3O6/c1-31-19-8-4-7-17(11-19)26-24(30)27-13-18(28)14-32-15-22-21(27)10-9-20(33-22)12-23(29)25-16-5-2-3-6-16/h4,7-8,11,16,18,20-22,28H,2-3,5-6,9-10,12-15H2,1H3,(H,25,29)(H,26,30)/t18-,20-,21+,22-/m1/s1. The Bertz CT molecular complexity index is 815. The lowest BCUT2D eigenvalue weighted by Gasteiger charge is -2.44. The lowest BCUT2D eigenvalue weighted by atomic mass is 9.95. The molecule has 4 rings (SSSR count). The van der Waals surface area contributed by atoms with Crippen LogP contribution in [0.4, 0.5) is 10.5 Å². The van der Waals surface area contributed by atoms with Crippen molar-refractivity contribution in [3.63, 3.8) is 0 Å². The van der Waals surface area contributed by atoms with Crippen LogP contribution in [0.2, 0.25) is 0 Å². The Balaban J connectivity index is 1.39. The summed E-state index contributed by atoms with van der Waals surface area (Å²) in [7, 11) is 1.57. The first kappa shape index (κ1) is 23.8. The highest BCUT2D eigenvalue weighted by Crippen LogP contribution is 2.29. The van der Waals surface area contributed by atoms with Gasteiger partial charge in [0.25, 0.3) is 0 Å². The van der Waals surface area contributed by atoms with Gasteiger partial charge in [0.1, 0.15) is 11.9 Å². The van der Waals surface area contributed by atoms with Gasteiger partial charge in [0, 0.05) is 17.8 Å². The van der Waals surface area contributed by atoms with Crippen LogP contribution >= 0.6 is 0 Å². The van der Waals surface area contributed by atoms with Crippen LogP contribution in [0, 0.1) is 0 Å². The molecular formula is C24H35N3O6. The van der Waals surface area contributed by atoms with Crippen LogP contribution in [0.25, 0.3) is 0 Å². The normalized spacial score (nSPS) is 28.4. The minimum absolute atomic E-state index is 0.0279. The molecule has 0 unspecified atom stereocenters. The lowest BCUT2D eigenvalue weighted by molar-refractivity contribution is -0.150. The maximum atomic E-state index is 13.2. The number of methoxy groups -OCH3 is 1. The van der Waals surface area contributed by atoms with Crippen molar-refractivity contribution in [2.45, 2.75) is 75.3 Å². The highest BCUT2D eigenvalue weighted by molar-refractivity contribution is 5.89. The monoisotopic (exact) mass is 461 g/mol. The van der Waals surface area contributed by atoms with Crippen molar-refractivity contribution in [2.24, 2.45) is 0 Å². The number of aliphatic hydroxyl groups excluding tert-OH is 1. The molecule has 182 valence electrons. The second kappa shape index (κ2) is 11.2. The molecule has 0 aromatic heterocycles. The van der Waals surface area contributed by atoms with Gasteiger partial charge in [0.05, 0.1) is 51.5 Å². The summed E-state index contributed by atoms with van der Waals surface area (Å²) in [6.07, 6.45) is 4.76. The molecule has 2 saturated heterocycles. The molecule has 33 heavy (non-hydrogen) atoms. The minimum Gasteiger partial charge on any atom is -0.497 e. The molecule has 3 fully saturated rings. The van der Waals surface area contributed by atoms with Crippen LogP contribution in [0.15, 0.2) is 24.3 Å². The number of ether oxygens (including phenoxy) is 3. The summed E-state index contributed by atoms with van der Waals surface area (Å²) in [6.45, 7) is 0.543. The number of hydrogen-bond acceptors (Lipinski definition) is 6. The number of carbonyl (C=O) groups is 2. The number of anilines is 1. The molecule has 3 amide bonds. The van der Waals surface area contributed by atoms with E-state index in [2.05, 4.69) is 10.6 Å². The fraction of sp³-hybridized carbons (Fsp3) is 0.667. The predicted molar refractivity (Wildman–Crippen MR) is 122 cm³/mol. The van der Waals surface area contributed by atoms with Gasteiger partial charge in [-0.2, -0.15) is 0 Å². The first-order chi connectivity index (χ1) is 16.0. The fourth-order valence-electron chi connectivity index (χ4n) is 5.03. The van der Waals surface area contributed by atoms with E-state index in [1.807, 2.05) is 0 Å². The summed E-state index contributed by atoms with van der Waals surface area (Å²) in [5.41, 5.74) is 0.613. The van der Waals surface area contributed by atoms with Gasteiger partial charge in [-0.05, 0) is 37.8 Å². The molecule has 4 atom stereocenters. The van der Waals surface area contributed by atoms with E-state index < -0.39 is 6.10 Å². The van der Waals surface area contributed by atoms with E-state index in [0.717, 1.165) is 12.8 Å². The molecule has 1 aromatic carbocycles. The van der Waals surface area contributed by atoms with E-state index in [9.17, 15) is 14.7 Å². The van der Waals surface area contributed by atoms with Gasteiger partial charge in [0.15, 0.2) is 0 Å². The number of urea groups is 1. The van der Waals surface area contributed by atoms with Crippen molar-refractivity contribution in [2.75, 3.05) is 32.2 Å². The van der Waals surface area contributed by atoms with Crippen LogP contribution in [-0.4, -0.2) is 79.2 Å². The second-order valence-corrected chi connectivity index (χ2v) is 9.20. The quantitative estimate of drug-likeness (QED) is 0.621. The number of benzene rings is 1. The fourth-order valence-corrected chi connectivity index (χ4v) is 5.03. The number of nitrogens with zero attached hydrogens (tertiary/aromatic N) is 1. The van der Waals surface area contributed by atoms with Gasteiger partial charge in [-0.15, -0.1) is 0 Å². The SMILES string of the molecule is COc1cccc(NC(=O)N2C[C@@H](O)COC[C@H]3O[C@@H](CC(=O)NC4CCCC4)CC[C@@H]32)c1. The summed E-state index contributed by atoms with van der Waals surface area (Å²) >= 11 is 0. The van der Waals surface area contributed by atoms with Crippen LogP contribution in [0.1, 0.15) is 44.9 Å². The smallest absolute Gasteiger partial charge is 0.322 e. The molecule has 2 aliphatic heterocycles. The number of carbonyl (C=O) groups excluding carboxylic acids is 2. The zero-order valence-electron chi connectivity index (χ0n) is 19.2. The van der Waals surface area contributed by atoms with Crippen LogP contribution < -0.4 is 15.4 Å². The van der Waals surface area contributed by atoms with Crippen molar-refractivity contribution in [3.8, 4) is 5.75 Å². The molecule has 1 aromatic rings. The lowest BCUT2D eigenvalue weighted by Crippen LogP contribution is -2.58. The summed E-state index contributed by atoms with van der Waals surface area (Å²) < 4.78 is 17.1. The van der Waals surface area contributed by atoms with Gasteiger partial charge >= 0.3 is 6.03 Å². The zero-order valence-corrected chi connectivity index (χ0v) is 19.2. The number of rotatable bonds is 5. The summed E-state index contributed by atoms with van der Waals surface area (Å²) in [6, 6.07) is 6.88. The van der Waals surface area contributed by atoms with Gasteiger partial charge < -0.3 is 34.9 Å². The Labute approximate surface area is 194 Å². The van der Waals surface area contributed by atoms with Gasteiger partial charge in [-0.1, -0.05) is 18.9 Å². The van der Waals surface area contributed by atoms with Crippen molar-refractivity contribution >= 4 is 17.6 Å². The molecule has 0 radical (unpaired) electrons. The maximum absolute atomic E-state index is 13.2. The second-order valence-electron chi connectivity index (χ2n) is 9.20. The Kier molecular flexibility index (Phi) is 8.06. The number of aliphatic hydroxyl groups is 1. The maximum Gasteiger partial charge on any atom is 0.322 e. The zero-order chi connectivity index (χ0) is 23.2.